The van der Waals surface area contributed by atoms with E-state index >= 15 is 0 Å². The highest BCUT2D eigenvalue weighted by Crippen LogP contribution is 2.03. The van der Waals surface area contributed by atoms with E-state index in [0.717, 1.165) is 13.0 Å². The molecule has 0 aromatic carbocycles. The third-order valence-electron chi connectivity index (χ3n) is 2.36. The summed E-state index contributed by atoms with van der Waals surface area (Å²) in [5.41, 5.74) is 1.38. The van der Waals surface area contributed by atoms with Gasteiger partial charge in [0.1, 0.15) is 0 Å². The van der Waals surface area contributed by atoms with Gasteiger partial charge in [0.25, 0.3) is 0 Å². The van der Waals surface area contributed by atoms with E-state index in [0.29, 0.717) is 6.04 Å². The van der Waals surface area contributed by atoms with Gasteiger partial charge in [0, 0.05) is 18.4 Å². The molecule has 0 saturated carbocycles. The van der Waals surface area contributed by atoms with Gasteiger partial charge in [-0.1, -0.05) is 6.92 Å². The van der Waals surface area contributed by atoms with Crippen molar-refractivity contribution in [2.75, 3.05) is 6.54 Å². The topological polar surface area (TPSA) is 24.9 Å². The van der Waals surface area contributed by atoms with E-state index < -0.39 is 0 Å². The van der Waals surface area contributed by atoms with Crippen LogP contribution < -0.4 is 5.32 Å². The molecule has 78 valence electrons. The van der Waals surface area contributed by atoms with Crippen LogP contribution in [-0.2, 0) is 6.42 Å². The van der Waals surface area contributed by atoms with Gasteiger partial charge in [-0.05, 0) is 50.4 Å². The van der Waals surface area contributed by atoms with Crippen molar-refractivity contribution in [3.8, 4) is 0 Å². The molecule has 1 unspecified atom stereocenters. The van der Waals surface area contributed by atoms with E-state index in [1.165, 1.54) is 18.4 Å². The minimum Gasteiger partial charge on any atom is -0.314 e. The first-order valence-electron chi connectivity index (χ1n) is 5.45. The summed E-state index contributed by atoms with van der Waals surface area (Å²) in [4.78, 5) is 4.01. The number of hydrogen-bond donors (Lipinski definition) is 1. The van der Waals surface area contributed by atoms with Crippen LogP contribution in [0.25, 0.3) is 0 Å². The monoisotopic (exact) mass is 192 g/mol. The molecule has 0 fully saturated rings. The summed E-state index contributed by atoms with van der Waals surface area (Å²) in [5, 5.41) is 3.49. The van der Waals surface area contributed by atoms with Crippen molar-refractivity contribution in [1.82, 2.24) is 10.3 Å². The normalized spacial score (nSPS) is 12.7. The number of nitrogens with zero attached hydrogens (tertiary/aromatic N) is 1. The van der Waals surface area contributed by atoms with Crippen molar-refractivity contribution in [3.05, 3.63) is 30.1 Å². The number of rotatable bonds is 6. The lowest BCUT2D eigenvalue weighted by molar-refractivity contribution is 0.513. The first-order valence-corrected chi connectivity index (χ1v) is 5.45. The number of pyridine rings is 1. The Hall–Kier alpha value is -0.890. The molecule has 1 aromatic rings. The molecule has 14 heavy (non-hydrogen) atoms. The summed E-state index contributed by atoms with van der Waals surface area (Å²) >= 11 is 0. The molecule has 1 N–H and O–H groups in total. The van der Waals surface area contributed by atoms with Gasteiger partial charge in [0.05, 0.1) is 0 Å². The van der Waals surface area contributed by atoms with E-state index in [4.69, 9.17) is 0 Å². The van der Waals surface area contributed by atoms with Crippen LogP contribution in [0.15, 0.2) is 24.5 Å². The molecular formula is C12H20N2. The lowest BCUT2D eigenvalue weighted by atomic mass is 10.1. The molecule has 1 aromatic heterocycles. The number of hydrogen-bond acceptors (Lipinski definition) is 2. The Morgan fingerprint density at radius 3 is 2.71 bits per heavy atom. The first kappa shape index (κ1) is 11.2. The lowest BCUT2D eigenvalue weighted by Crippen LogP contribution is -2.27. The van der Waals surface area contributed by atoms with E-state index in [9.17, 15) is 0 Å². The molecule has 0 aliphatic heterocycles. The summed E-state index contributed by atoms with van der Waals surface area (Å²) in [6, 6.07) is 4.79. The highest BCUT2D eigenvalue weighted by Gasteiger charge is 2.00. The Morgan fingerprint density at radius 2 is 2.07 bits per heavy atom. The minimum absolute atomic E-state index is 0.614. The Bertz CT molecular complexity index is 233. The molecule has 0 saturated heterocycles. The standard InChI is InChI=1S/C12H20N2/c1-3-8-14-11(2)4-5-12-6-9-13-10-7-12/h6-7,9-11,14H,3-5,8H2,1-2H3. The zero-order valence-electron chi connectivity index (χ0n) is 9.16. The first-order chi connectivity index (χ1) is 6.83. The number of aryl methyl sites for hydroxylation is 1. The molecule has 0 aliphatic rings. The Labute approximate surface area is 86.8 Å². The second kappa shape index (κ2) is 6.55. The molecule has 1 rings (SSSR count). The summed E-state index contributed by atoms with van der Waals surface area (Å²) in [6.45, 7) is 5.57. The predicted octanol–water partition coefficient (Wildman–Crippen LogP) is 2.40. The molecular weight excluding hydrogens is 172 g/mol. The van der Waals surface area contributed by atoms with Gasteiger partial charge >= 0.3 is 0 Å². The second-order valence-corrected chi connectivity index (χ2v) is 3.75. The van der Waals surface area contributed by atoms with Gasteiger partial charge in [-0.25, -0.2) is 0 Å². The fourth-order valence-corrected chi connectivity index (χ4v) is 1.43. The summed E-state index contributed by atoms with van der Waals surface area (Å²) in [6.07, 6.45) is 7.27. The van der Waals surface area contributed by atoms with Crippen LogP contribution in [0.3, 0.4) is 0 Å². The quantitative estimate of drug-likeness (QED) is 0.748. The van der Waals surface area contributed by atoms with Gasteiger partial charge in [0.2, 0.25) is 0 Å². The average Bonchev–Trinajstić information content (AvgIpc) is 2.25. The Kier molecular flexibility index (Phi) is 5.23. The predicted molar refractivity (Wildman–Crippen MR) is 60.3 cm³/mol. The third-order valence-corrected chi connectivity index (χ3v) is 2.36. The zero-order chi connectivity index (χ0) is 10.2. The highest BCUT2D eigenvalue weighted by atomic mass is 14.9. The van der Waals surface area contributed by atoms with Gasteiger partial charge in [-0.2, -0.15) is 0 Å². The van der Waals surface area contributed by atoms with Crippen LogP contribution in [0, 0.1) is 0 Å². The fourth-order valence-electron chi connectivity index (χ4n) is 1.43. The molecule has 2 heteroatoms. The van der Waals surface area contributed by atoms with E-state index in [1.807, 2.05) is 12.4 Å². The van der Waals surface area contributed by atoms with Crippen LogP contribution in [-0.4, -0.2) is 17.6 Å². The van der Waals surface area contributed by atoms with Gasteiger partial charge < -0.3 is 5.32 Å². The minimum atomic E-state index is 0.614. The van der Waals surface area contributed by atoms with E-state index in [1.54, 1.807) is 0 Å². The summed E-state index contributed by atoms with van der Waals surface area (Å²) < 4.78 is 0. The maximum atomic E-state index is 4.01. The van der Waals surface area contributed by atoms with Crippen LogP contribution in [0.2, 0.25) is 0 Å². The van der Waals surface area contributed by atoms with Crippen LogP contribution in [0.1, 0.15) is 32.3 Å². The third kappa shape index (κ3) is 4.38. The highest BCUT2D eigenvalue weighted by molar-refractivity contribution is 5.09. The maximum absolute atomic E-state index is 4.01. The number of aromatic nitrogens is 1. The van der Waals surface area contributed by atoms with Crippen molar-refractivity contribution in [1.29, 1.82) is 0 Å². The molecule has 1 heterocycles. The van der Waals surface area contributed by atoms with Gasteiger partial charge in [-0.3, -0.25) is 4.98 Å². The Morgan fingerprint density at radius 1 is 1.36 bits per heavy atom. The summed E-state index contributed by atoms with van der Waals surface area (Å²) in [7, 11) is 0. The second-order valence-electron chi connectivity index (χ2n) is 3.75. The smallest absolute Gasteiger partial charge is 0.0270 e. The molecule has 2 nitrogen and oxygen atoms in total. The molecule has 1 atom stereocenters. The van der Waals surface area contributed by atoms with Crippen molar-refractivity contribution in [3.63, 3.8) is 0 Å². The maximum Gasteiger partial charge on any atom is 0.0270 e. The van der Waals surface area contributed by atoms with Crippen LogP contribution >= 0.6 is 0 Å². The molecule has 0 aliphatic carbocycles. The molecule has 0 amide bonds. The SMILES string of the molecule is CCCNC(C)CCc1ccncc1. The van der Waals surface area contributed by atoms with Crippen molar-refractivity contribution < 1.29 is 0 Å². The lowest BCUT2D eigenvalue weighted by Gasteiger charge is -2.12. The van der Waals surface area contributed by atoms with Crippen LogP contribution in [0.5, 0.6) is 0 Å². The number of nitrogens with one attached hydrogen (secondary N) is 1. The van der Waals surface area contributed by atoms with Gasteiger partial charge in [-0.15, -0.1) is 0 Å². The van der Waals surface area contributed by atoms with Crippen molar-refractivity contribution in [2.45, 2.75) is 39.2 Å². The Balaban J connectivity index is 2.20. The van der Waals surface area contributed by atoms with Crippen molar-refractivity contribution in [2.24, 2.45) is 0 Å². The van der Waals surface area contributed by atoms with Gasteiger partial charge in [0.15, 0.2) is 0 Å². The van der Waals surface area contributed by atoms with Crippen molar-refractivity contribution >= 4 is 0 Å². The van der Waals surface area contributed by atoms with Crippen LogP contribution in [0.4, 0.5) is 0 Å². The molecule has 0 bridgehead atoms. The average molecular weight is 192 g/mol. The van der Waals surface area contributed by atoms with E-state index in [2.05, 4.69) is 36.3 Å². The fraction of sp³-hybridized carbons (Fsp3) is 0.583. The largest absolute Gasteiger partial charge is 0.314 e. The molecule has 0 radical (unpaired) electrons. The molecule has 0 spiro atoms. The summed E-state index contributed by atoms with van der Waals surface area (Å²) in [5.74, 6) is 0. The zero-order valence-corrected chi connectivity index (χ0v) is 9.16. The van der Waals surface area contributed by atoms with E-state index in [-0.39, 0.29) is 0 Å².